The average Bonchev–Trinajstić information content (AvgIpc) is 2.50. The Kier molecular flexibility index (Phi) is 4.90. The van der Waals surface area contributed by atoms with E-state index in [1.165, 1.54) is 70.8 Å². The first-order chi connectivity index (χ1) is 8.22. The van der Waals surface area contributed by atoms with E-state index in [1.807, 2.05) is 0 Å². The van der Waals surface area contributed by atoms with E-state index in [0.717, 1.165) is 12.0 Å². The molecule has 2 fully saturated rings. The van der Waals surface area contributed by atoms with Crippen molar-refractivity contribution < 1.29 is 0 Å². The molecule has 100 valence electrons. The second-order valence-corrected chi connectivity index (χ2v) is 6.90. The van der Waals surface area contributed by atoms with Crippen LogP contribution < -0.4 is 5.32 Å². The van der Waals surface area contributed by atoms with E-state index < -0.39 is 0 Å². The fraction of sp³-hybridized carbons (Fsp3) is 1.00. The molecule has 17 heavy (non-hydrogen) atoms. The molecule has 0 aliphatic heterocycles. The fourth-order valence-electron chi connectivity index (χ4n) is 3.63. The average molecular weight is 237 g/mol. The van der Waals surface area contributed by atoms with Gasteiger partial charge in [0.05, 0.1) is 0 Å². The van der Waals surface area contributed by atoms with Crippen molar-refractivity contribution >= 4 is 0 Å². The van der Waals surface area contributed by atoms with E-state index in [9.17, 15) is 0 Å². The molecule has 2 atom stereocenters. The summed E-state index contributed by atoms with van der Waals surface area (Å²) in [5.74, 6) is 1.03. The minimum Gasteiger partial charge on any atom is -0.313 e. The largest absolute Gasteiger partial charge is 0.313 e. The van der Waals surface area contributed by atoms with E-state index >= 15 is 0 Å². The zero-order valence-corrected chi connectivity index (χ0v) is 11.9. The van der Waals surface area contributed by atoms with Crippen LogP contribution in [0, 0.1) is 11.3 Å². The molecule has 0 spiro atoms. The third-order valence-corrected chi connectivity index (χ3v) is 5.16. The van der Waals surface area contributed by atoms with Crippen LogP contribution in [0.4, 0.5) is 0 Å². The van der Waals surface area contributed by atoms with Gasteiger partial charge < -0.3 is 5.32 Å². The van der Waals surface area contributed by atoms with E-state index in [0.29, 0.717) is 5.41 Å². The highest BCUT2D eigenvalue weighted by molar-refractivity contribution is 4.87. The Morgan fingerprint density at radius 1 is 1.06 bits per heavy atom. The smallest absolute Gasteiger partial charge is 0.00673 e. The summed E-state index contributed by atoms with van der Waals surface area (Å²) in [4.78, 5) is 0. The molecule has 1 heteroatoms. The van der Waals surface area contributed by atoms with Gasteiger partial charge in [-0.1, -0.05) is 46.0 Å². The molecule has 0 heterocycles. The van der Waals surface area contributed by atoms with E-state index in [1.54, 1.807) is 0 Å². The monoisotopic (exact) mass is 237 g/mol. The molecule has 0 bridgehead atoms. The molecule has 0 radical (unpaired) electrons. The number of rotatable bonds is 5. The Hall–Kier alpha value is -0.0400. The zero-order chi connectivity index (χ0) is 12.1. The molecule has 2 saturated carbocycles. The maximum atomic E-state index is 3.87. The lowest BCUT2D eigenvalue weighted by molar-refractivity contribution is 0.149. The van der Waals surface area contributed by atoms with Crippen molar-refractivity contribution in [1.82, 2.24) is 5.32 Å². The van der Waals surface area contributed by atoms with Gasteiger partial charge in [-0.25, -0.2) is 0 Å². The Morgan fingerprint density at radius 2 is 1.88 bits per heavy atom. The SMILES string of the molecule is CCCC1CCCC(NCC2(C)CCC2)CC1. The molecule has 2 unspecified atom stereocenters. The normalized spacial score (nSPS) is 32.8. The van der Waals surface area contributed by atoms with Crippen LogP contribution in [0.3, 0.4) is 0 Å². The van der Waals surface area contributed by atoms with Gasteiger partial charge >= 0.3 is 0 Å². The third kappa shape index (κ3) is 3.98. The van der Waals surface area contributed by atoms with Crippen LogP contribution in [0.15, 0.2) is 0 Å². The zero-order valence-electron chi connectivity index (χ0n) is 11.9. The van der Waals surface area contributed by atoms with Crippen molar-refractivity contribution in [2.45, 2.75) is 84.1 Å². The lowest BCUT2D eigenvalue weighted by Crippen LogP contribution is -2.41. The Balaban J connectivity index is 1.67. The first-order valence-corrected chi connectivity index (χ1v) is 7.95. The highest BCUT2D eigenvalue weighted by Gasteiger charge is 2.32. The predicted octanol–water partition coefficient (Wildman–Crippen LogP) is 4.52. The summed E-state index contributed by atoms with van der Waals surface area (Å²) in [6.07, 6.45) is 14.5. The van der Waals surface area contributed by atoms with Gasteiger partial charge in [-0.2, -0.15) is 0 Å². The first-order valence-electron chi connectivity index (χ1n) is 7.95. The van der Waals surface area contributed by atoms with Crippen LogP contribution >= 0.6 is 0 Å². The van der Waals surface area contributed by atoms with Gasteiger partial charge in [0.1, 0.15) is 0 Å². The van der Waals surface area contributed by atoms with E-state index in [2.05, 4.69) is 19.2 Å². The van der Waals surface area contributed by atoms with Gasteiger partial charge in [-0.3, -0.25) is 0 Å². The van der Waals surface area contributed by atoms with Crippen LogP contribution in [-0.2, 0) is 0 Å². The van der Waals surface area contributed by atoms with E-state index in [-0.39, 0.29) is 0 Å². The fourth-order valence-corrected chi connectivity index (χ4v) is 3.63. The quantitative estimate of drug-likeness (QED) is 0.693. The van der Waals surface area contributed by atoms with Gasteiger partial charge in [-0.05, 0) is 43.4 Å². The molecule has 2 aliphatic rings. The molecule has 1 N–H and O–H groups in total. The van der Waals surface area contributed by atoms with Crippen LogP contribution in [0.25, 0.3) is 0 Å². The number of hydrogen-bond acceptors (Lipinski definition) is 1. The molecule has 0 amide bonds. The standard InChI is InChI=1S/C16H31N/c1-3-6-14-7-4-8-15(10-9-14)17-13-16(2)11-5-12-16/h14-15,17H,3-13H2,1-2H3. The van der Waals surface area contributed by atoms with Crippen molar-refractivity contribution in [2.75, 3.05) is 6.54 Å². The summed E-state index contributed by atoms with van der Waals surface area (Å²) in [5.41, 5.74) is 0.648. The van der Waals surface area contributed by atoms with Crippen LogP contribution in [0.5, 0.6) is 0 Å². The highest BCUT2D eigenvalue weighted by atomic mass is 14.9. The number of hydrogen-bond donors (Lipinski definition) is 1. The summed E-state index contributed by atoms with van der Waals surface area (Å²) >= 11 is 0. The summed E-state index contributed by atoms with van der Waals surface area (Å²) in [6, 6.07) is 0.828. The maximum Gasteiger partial charge on any atom is 0.00673 e. The second kappa shape index (κ2) is 6.22. The van der Waals surface area contributed by atoms with Gasteiger partial charge in [0.15, 0.2) is 0 Å². The Labute approximate surface area is 108 Å². The highest BCUT2D eigenvalue weighted by Crippen LogP contribution is 2.39. The van der Waals surface area contributed by atoms with E-state index in [4.69, 9.17) is 0 Å². The molecular formula is C16H31N. The Bertz CT molecular complexity index is 220. The van der Waals surface area contributed by atoms with Crippen molar-refractivity contribution in [2.24, 2.45) is 11.3 Å². The molecule has 0 aromatic heterocycles. The van der Waals surface area contributed by atoms with Gasteiger partial charge in [0.25, 0.3) is 0 Å². The van der Waals surface area contributed by atoms with Crippen molar-refractivity contribution in [3.63, 3.8) is 0 Å². The Morgan fingerprint density at radius 3 is 2.53 bits per heavy atom. The lowest BCUT2D eigenvalue weighted by Gasteiger charge is -2.39. The van der Waals surface area contributed by atoms with Crippen LogP contribution in [-0.4, -0.2) is 12.6 Å². The minimum absolute atomic E-state index is 0.648. The van der Waals surface area contributed by atoms with Crippen molar-refractivity contribution in [3.05, 3.63) is 0 Å². The van der Waals surface area contributed by atoms with Crippen molar-refractivity contribution in [3.8, 4) is 0 Å². The van der Waals surface area contributed by atoms with Crippen LogP contribution in [0.2, 0.25) is 0 Å². The van der Waals surface area contributed by atoms with Gasteiger partial charge in [-0.15, -0.1) is 0 Å². The molecule has 2 aliphatic carbocycles. The predicted molar refractivity (Wildman–Crippen MR) is 75.2 cm³/mol. The van der Waals surface area contributed by atoms with Gasteiger partial charge in [0.2, 0.25) is 0 Å². The maximum absolute atomic E-state index is 3.87. The summed E-state index contributed by atoms with van der Waals surface area (Å²) in [6.45, 7) is 6.06. The molecule has 0 aromatic carbocycles. The van der Waals surface area contributed by atoms with Gasteiger partial charge in [0, 0.05) is 12.6 Å². The molecule has 2 rings (SSSR count). The molecule has 0 aromatic rings. The van der Waals surface area contributed by atoms with Crippen LogP contribution in [0.1, 0.15) is 78.1 Å². The number of nitrogens with one attached hydrogen (secondary N) is 1. The molecule has 0 saturated heterocycles. The second-order valence-electron chi connectivity index (χ2n) is 6.90. The molecule has 1 nitrogen and oxygen atoms in total. The topological polar surface area (TPSA) is 12.0 Å². The molecular weight excluding hydrogens is 206 g/mol. The summed E-state index contributed by atoms with van der Waals surface area (Å²) in [5, 5.41) is 3.87. The third-order valence-electron chi connectivity index (χ3n) is 5.16. The lowest BCUT2D eigenvalue weighted by atomic mass is 9.70. The summed E-state index contributed by atoms with van der Waals surface area (Å²) < 4.78 is 0. The summed E-state index contributed by atoms with van der Waals surface area (Å²) in [7, 11) is 0. The minimum atomic E-state index is 0.648. The first kappa shape index (κ1) is 13.4. The van der Waals surface area contributed by atoms with Crippen molar-refractivity contribution in [1.29, 1.82) is 0 Å².